The van der Waals surface area contributed by atoms with Crippen molar-refractivity contribution in [2.45, 2.75) is 31.2 Å². The van der Waals surface area contributed by atoms with Gasteiger partial charge in [-0.3, -0.25) is 14.5 Å². The number of piperidine rings is 1. The number of carbonyl (C=O) groups excluding carboxylic acids is 2. The number of amides is 2. The highest BCUT2D eigenvalue weighted by Gasteiger charge is 2.32. The summed E-state index contributed by atoms with van der Waals surface area (Å²) in [4.78, 5) is 29.6. The van der Waals surface area contributed by atoms with Crippen LogP contribution in [0.2, 0.25) is 0 Å². The summed E-state index contributed by atoms with van der Waals surface area (Å²) in [5.74, 6) is 0.447. The van der Waals surface area contributed by atoms with E-state index in [1.807, 2.05) is 53.4 Å². The molecule has 1 N–H and O–H groups in total. The van der Waals surface area contributed by atoms with Crippen LogP contribution in [0.3, 0.4) is 0 Å². The molecule has 0 radical (unpaired) electrons. The Bertz CT molecular complexity index is 1220. The van der Waals surface area contributed by atoms with E-state index in [-0.39, 0.29) is 17.2 Å². The molecule has 0 aliphatic carbocycles. The number of hydrazone groups is 1. The van der Waals surface area contributed by atoms with E-state index in [0.29, 0.717) is 17.9 Å². The van der Waals surface area contributed by atoms with Crippen LogP contribution in [0.25, 0.3) is 0 Å². The molecule has 2 heterocycles. The molecule has 1 atom stereocenters. The average molecular weight is 513 g/mol. The quantitative estimate of drug-likeness (QED) is 0.437. The summed E-state index contributed by atoms with van der Waals surface area (Å²) in [6.45, 7) is 3.51. The zero-order chi connectivity index (χ0) is 25.5. The highest BCUT2D eigenvalue weighted by Crippen LogP contribution is 2.38. The van der Waals surface area contributed by atoms with Gasteiger partial charge in [-0.1, -0.05) is 72.8 Å². The molecule has 37 heavy (non-hydrogen) atoms. The van der Waals surface area contributed by atoms with Gasteiger partial charge >= 0.3 is 0 Å². The number of carbonyl (C=O) groups is 2. The Morgan fingerprint density at radius 2 is 1.54 bits per heavy atom. The maximum Gasteiger partial charge on any atom is 0.271 e. The van der Waals surface area contributed by atoms with Crippen molar-refractivity contribution in [2.75, 3.05) is 25.4 Å². The first-order chi connectivity index (χ1) is 18.2. The van der Waals surface area contributed by atoms with Crippen molar-refractivity contribution in [1.29, 1.82) is 0 Å². The maximum absolute atomic E-state index is 12.7. The number of rotatable bonds is 8. The van der Waals surface area contributed by atoms with Gasteiger partial charge in [0.25, 0.3) is 5.91 Å². The van der Waals surface area contributed by atoms with E-state index < -0.39 is 0 Å². The molecule has 190 valence electrons. The number of thioether (sulfide) groups is 1. The van der Waals surface area contributed by atoms with E-state index in [2.05, 4.69) is 51.8 Å². The zero-order valence-corrected chi connectivity index (χ0v) is 21.7. The number of hydrogen-bond donors (Lipinski definition) is 1. The minimum Gasteiger partial charge on any atom is -0.326 e. The lowest BCUT2D eigenvalue weighted by Gasteiger charge is -2.27. The molecule has 0 spiro atoms. The minimum absolute atomic E-state index is 0.0189. The van der Waals surface area contributed by atoms with Crippen LogP contribution in [0, 0.1) is 0 Å². The molecule has 0 bridgehead atoms. The molecule has 2 amide bonds. The molecular weight excluding hydrogens is 480 g/mol. The molecule has 2 fully saturated rings. The molecule has 6 nitrogen and oxygen atoms in total. The van der Waals surface area contributed by atoms with Gasteiger partial charge in [0.15, 0.2) is 0 Å². The summed E-state index contributed by atoms with van der Waals surface area (Å²) in [5.41, 5.74) is 7.92. The second kappa shape index (κ2) is 12.2. The number of hydrogen-bond acceptors (Lipinski definition) is 5. The van der Waals surface area contributed by atoms with Gasteiger partial charge in [-0.15, -0.1) is 11.8 Å². The Labute approximate surface area is 222 Å². The predicted molar refractivity (Wildman–Crippen MR) is 149 cm³/mol. The van der Waals surface area contributed by atoms with Crippen LogP contribution in [0.1, 0.15) is 45.3 Å². The first-order valence-corrected chi connectivity index (χ1v) is 13.9. The lowest BCUT2D eigenvalue weighted by molar-refractivity contribution is -0.128. The van der Waals surface area contributed by atoms with Crippen LogP contribution in [0.5, 0.6) is 0 Å². The molecular formula is C30H32N4O2S. The van der Waals surface area contributed by atoms with Crippen molar-refractivity contribution in [2.24, 2.45) is 5.10 Å². The van der Waals surface area contributed by atoms with E-state index in [9.17, 15) is 9.59 Å². The second-order valence-corrected chi connectivity index (χ2v) is 10.6. The van der Waals surface area contributed by atoms with Crippen LogP contribution >= 0.6 is 11.8 Å². The molecule has 0 aromatic heterocycles. The highest BCUT2D eigenvalue weighted by atomic mass is 32.2. The topological polar surface area (TPSA) is 65.0 Å². The Morgan fingerprint density at radius 1 is 0.892 bits per heavy atom. The molecule has 3 aromatic rings. The van der Waals surface area contributed by atoms with Crippen molar-refractivity contribution in [3.63, 3.8) is 0 Å². The fourth-order valence-corrected chi connectivity index (χ4v) is 6.00. The van der Waals surface area contributed by atoms with E-state index in [4.69, 9.17) is 0 Å². The van der Waals surface area contributed by atoms with Gasteiger partial charge in [0.2, 0.25) is 5.91 Å². The van der Waals surface area contributed by atoms with Crippen LogP contribution in [-0.4, -0.2) is 52.7 Å². The molecule has 2 aliphatic rings. The average Bonchev–Trinajstić information content (AvgIpc) is 3.32. The maximum atomic E-state index is 12.7. The normalized spacial score (nSPS) is 18.2. The highest BCUT2D eigenvalue weighted by molar-refractivity contribution is 8.00. The summed E-state index contributed by atoms with van der Waals surface area (Å²) >= 11 is 1.64. The lowest BCUT2D eigenvalue weighted by Crippen LogP contribution is -2.34. The summed E-state index contributed by atoms with van der Waals surface area (Å²) in [6, 6.07) is 28.3. The van der Waals surface area contributed by atoms with E-state index >= 15 is 0 Å². The second-order valence-electron chi connectivity index (χ2n) is 9.49. The lowest BCUT2D eigenvalue weighted by atomic mass is 10.1. The van der Waals surface area contributed by atoms with Gasteiger partial charge in [0.1, 0.15) is 5.37 Å². The molecule has 0 unspecified atom stereocenters. The smallest absolute Gasteiger partial charge is 0.271 e. The zero-order valence-electron chi connectivity index (χ0n) is 20.9. The van der Waals surface area contributed by atoms with Gasteiger partial charge < -0.3 is 4.90 Å². The van der Waals surface area contributed by atoms with Crippen molar-refractivity contribution >= 4 is 29.3 Å². The summed E-state index contributed by atoms with van der Waals surface area (Å²) < 4.78 is 0. The number of benzene rings is 3. The third-order valence-corrected chi connectivity index (χ3v) is 8.16. The van der Waals surface area contributed by atoms with Crippen LogP contribution in [-0.2, 0) is 17.8 Å². The van der Waals surface area contributed by atoms with Crippen LogP contribution in [0.15, 0.2) is 90.0 Å². The fourth-order valence-electron chi connectivity index (χ4n) is 4.78. The summed E-state index contributed by atoms with van der Waals surface area (Å²) in [6.07, 6.45) is 2.55. The van der Waals surface area contributed by atoms with Crippen molar-refractivity contribution in [3.8, 4) is 0 Å². The minimum atomic E-state index is -0.207. The summed E-state index contributed by atoms with van der Waals surface area (Å²) in [5, 5.41) is 4.39. The van der Waals surface area contributed by atoms with Crippen LogP contribution < -0.4 is 5.43 Å². The number of nitrogens with zero attached hydrogens (tertiary/aromatic N) is 3. The van der Waals surface area contributed by atoms with Gasteiger partial charge in [-0.05, 0) is 35.2 Å². The van der Waals surface area contributed by atoms with Crippen LogP contribution in [0.4, 0.5) is 0 Å². The Balaban J connectivity index is 1.12. The van der Waals surface area contributed by atoms with Gasteiger partial charge in [0, 0.05) is 50.3 Å². The van der Waals surface area contributed by atoms with E-state index in [0.717, 1.165) is 50.2 Å². The van der Waals surface area contributed by atoms with Gasteiger partial charge in [-0.25, -0.2) is 5.43 Å². The molecule has 3 aromatic carbocycles. The number of likely N-dealkylation sites (tertiary alicyclic amines) is 1. The van der Waals surface area contributed by atoms with Crippen molar-refractivity contribution in [3.05, 3.63) is 107 Å². The third kappa shape index (κ3) is 6.67. The molecule has 7 heteroatoms. The molecule has 0 saturated carbocycles. The number of nitrogens with one attached hydrogen (secondary N) is 1. The van der Waals surface area contributed by atoms with Crippen molar-refractivity contribution in [1.82, 2.24) is 15.2 Å². The summed E-state index contributed by atoms with van der Waals surface area (Å²) in [7, 11) is 0. The van der Waals surface area contributed by atoms with Gasteiger partial charge in [0.05, 0.1) is 5.75 Å². The molecule has 5 rings (SSSR count). The predicted octanol–water partition coefficient (Wildman–Crippen LogP) is 4.89. The van der Waals surface area contributed by atoms with E-state index in [1.165, 1.54) is 11.1 Å². The third-order valence-electron chi connectivity index (χ3n) is 6.91. The Hall–Kier alpha value is -3.42. The van der Waals surface area contributed by atoms with E-state index in [1.54, 1.807) is 11.8 Å². The first kappa shape index (κ1) is 25.2. The van der Waals surface area contributed by atoms with Crippen molar-refractivity contribution < 1.29 is 9.59 Å². The molecule has 2 saturated heterocycles. The standard InChI is InChI=1S/C30H32N4O2S/c35-28-22-37-30(34(28)20-15-23-7-3-1-4-8-23)26-13-11-25(12-14-26)29(36)32-31-27-16-18-33(19-17-27)21-24-9-5-2-6-10-24/h1-14,30H,15-22H2,(H,32,36)/t30-/m0/s1. The Kier molecular flexibility index (Phi) is 8.33. The largest absolute Gasteiger partial charge is 0.326 e. The first-order valence-electron chi connectivity index (χ1n) is 12.8. The fraction of sp³-hybridized carbons (Fsp3) is 0.300. The van der Waals surface area contributed by atoms with Gasteiger partial charge in [-0.2, -0.15) is 5.10 Å². The molecule has 2 aliphatic heterocycles. The monoisotopic (exact) mass is 512 g/mol. The Morgan fingerprint density at radius 3 is 2.22 bits per heavy atom. The SMILES string of the molecule is O=C(NN=C1CCN(Cc2ccccc2)CC1)c1ccc([C@@H]2SCC(=O)N2CCc2ccccc2)cc1.